The van der Waals surface area contributed by atoms with E-state index in [2.05, 4.69) is 20.6 Å². The minimum atomic E-state index is 0.594. The van der Waals surface area contributed by atoms with Gasteiger partial charge in [0, 0.05) is 30.3 Å². The van der Waals surface area contributed by atoms with Gasteiger partial charge in [-0.05, 0) is 31.9 Å². The van der Waals surface area contributed by atoms with Crippen molar-refractivity contribution in [3.63, 3.8) is 0 Å². The number of nitrogens with one attached hydrogen (secondary N) is 2. The fraction of sp³-hybridized carbons (Fsp3) is 0.375. The summed E-state index contributed by atoms with van der Waals surface area (Å²) in [5.41, 5.74) is 2.07. The highest BCUT2D eigenvalue weighted by Gasteiger charge is 2.26. The molecule has 0 aliphatic heterocycles. The van der Waals surface area contributed by atoms with Crippen molar-refractivity contribution in [2.75, 3.05) is 24.3 Å². The van der Waals surface area contributed by atoms with Gasteiger partial charge in [-0.15, -0.1) is 0 Å². The molecule has 0 radical (unpaired) electrons. The highest BCUT2D eigenvalue weighted by molar-refractivity contribution is 5.59. The van der Waals surface area contributed by atoms with Crippen LogP contribution in [0.25, 0.3) is 0 Å². The van der Waals surface area contributed by atoms with Crippen LogP contribution in [-0.4, -0.2) is 23.6 Å². The average molecular weight is 284 g/mol. The van der Waals surface area contributed by atoms with Gasteiger partial charge in [0.1, 0.15) is 11.6 Å². The van der Waals surface area contributed by atoms with Gasteiger partial charge in [-0.1, -0.05) is 6.07 Å². The van der Waals surface area contributed by atoms with Crippen LogP contribution >= 0.6 is 0 Å². The van der Waals surface area contributed by atoms with Crippen LogP contribution in [0.4, 0.5) is 17.5 Å². The predicted molar refractivity (Wildman–Crippen MR) is 84.4 cm³/mol. The van der Waals surface area contributed by atoms with Gasteiger partial charge in [0.2, 0.25) is 5.95 Å². The van der Waals surface area contributed by atoms with Crippen molar-refractivity contribution < 1.29 is 4.74 Å². The molecule has 1 aromatic carbocycles. The van der Waals surface area contributed by atoms with Gasteiger partial charge >= 0.3 is 0 Å². The Morgan fingerprint density at radius 3 is 2.81 bits per heavy atom. The van der Waals surface area contributed by atoms with Crippen molar-refractivity contribution >= 4 is 17.5 Å². The predicted octanol–water partition coefficient (Wildman–Crippen LogP) is 3.54. The summed E-state index contributed by atoms with van der Waals surface area (Å²) in [5.74, 6) is 2.92. The third-order valence-corrected chi connectivity index (χ3v) is 3.42. The highest BCUT2D eigenvalue weighted by Crippen LogP contribution is 2.40. The lowest BCUT2D eigenvalue weighted by atomic mass is 10.2. The zero-order valence-electron chi connectivity index (χ0n) is 12.4. The number of benzene rings is 1. The average Bonchev–Trinajstić information content (AvgIpc) is 3.32. The number of hydrogen-bond acceptors (Lipinski definition) is 5. The van der Waals surface area contributed by atoms with Crippen LogP contribution in [0.15, 0.2) is 30.3 Å². The van der Waals surface area contributed by atoms with Gasteiger partial charge < -0.3 is 15.4 Å². The fourth-order valence-electron chi connectivity index (χ4n) is 2.20. The molecule has 3 rings (SSSR count). The van der Waals surface area contributed by atoms with Crippen LogP contribution in [0.2, 0.25) is 0 Å². The Labute approximate surface area is 124 Å². The molecule has 1 aliphatic rings. The molecule has 5 nitrogen and oxygen atoms in total. The smallest absolute Gasteiger partial charge is 0.224 e. The number of anilines is 3. The molecule has 1 aromatic heterocycles. The first kappa shape index (κ1) is 13.7. The third kappa shape index (κ3) is 3.42. The van der Waals surface area contributed by atoms with Gasteiger partial charge in [0.25, 0.3) is 0 Å². The number of nitrogens with zero attached hydrogens (tertiary/aromatic N) is 2. The van der Waals surface area contributed by atoms with Gasteiger partial charge in [-0.25, -0.2) is 4.98 Å². The molecule has 0 amide bonds. The lowest BCUT2D eigenvalue weighted by Gasteiger charge is -2.11. The molecule has 1 heterocycles. The topological polar surface area (TPSA) is 59.1 Å². The molecule has 0 bridgehead atoms. The monoisotopic (exact) mass is 284 g/mol. The van der Waals surface area contributed by atoms with Gasteiger partial charge in [-0.3, -0.25) is 0 Å². The SMILES string of the molecule is CCNc1nc(Nc2cccc(OC)c2)cc(C2CC2)n1. The van der Waals surface area contributed by atoms with E-state index in [-0.39, 0.29) is 0 Å². The van der Waals surface area contributed by atoms with Crippen molar-refractivity contribution in [3.8, 4) is 5.75 Å². The molecule has 1 fully saturated rings. The molecule has 2 N–H and O–H groups in total. The number of methoxy groups -OCH3 is 1. The van der Waals surface area contributed by atoms with E-state index in [1.54, 1.807) is 7.11 Å². The largest absolute Gasteiger partial charge is 0.497 e. The van der Waals surface area contributed by atoms with Crippen molar-refractivity contribution in [1.29, 1.82) is 0 Å². The molecule has 2 aromatic rings. The summed E-state index contributed by atoms with van der Waals surface area (Å²) in [5, 5.41) is 6.52. The minimum absolute atomic E-state index is 0.594. The second-order valence-electron chi connectivity index (χ2n) is 5.16. The van der Waals surface area contributed by atoms with Crippen molar-refractivity contribution in [1.82, 2.24) is 9.97 Å². The van der Waals surface area contributed by atoms with E-state index in [0.717, 1.165) is 29.5 Å². The maximum atomic E-state index is 5.24. The normalized spacial score (nSPS) is 13.8. The van der Waals surface area contributed by atoms with E-state index in [1.807, 2.05) is 37.3 Å². The molecular formula is C16H20N4O. The number of hydrogen-bond donors (Lipinski definition) is 2. The van der Waals surface area contributed by atoms with Crippen LogP contribution in [0.5, 0.6) is 5.75 Å². The summed E-state index contributed by atoms with van der Waals surface area (Å²) >= 11 is 0. The van der Waals surface area contributed by atoms with Crippen LogP contribution in [0.1, 0.15) is 31.4 Å². The molecule has 0 spiro atoms. The van der Waals surface area contributed by atoms with Crippen molar-refractivity contribution in [2.45, 2.75) is 25.7 Å². The Bertz CT molecular complexity index is 625. The molecule has 0 saturated heterocycles. The van der Waals surface area contributed by atoms with Crippen LogP contribution < -0.4 is 15.4 Å². The third-order valence-electron chi connectivity index (χ3n) is 3.42. The van der Waals surface area contributed by atoms with E-state index in [0.29, 0.717) is 11.9 Å². The Hall–Kier alpha value is -2.30. The Morgan fingerprint density at radius 1 is 1.24 bits per heavy atom. The quantitative estimate of drug-likeness (QED) is 0.849. The molecule has 5 heteroatoms. The lowest BCUT2D eigenvalue weighted by molar-refractivity contribution is 0.415. The highest BCUT2D eigenvalue weighted by atomic mass is 16.5. The summed E-state index contributed by atoms with van der Waals surface area (Å²) < 4.78 is 5.24. The first-order valence-electron chi connectivity index (χ1n) is 7.32. The van der Waals surface area contributed by atoms with Crippen LogP contribution in [0.3, 0.4) is 0 Å². The zero-order chi connectivity index (χ0) is 14.7. The van der Waals surface area contributed by atoms with Crippen molar-refractivity contribution in [2.24, 2.45) is 0 Å². The van der Waals surface area contributed by atoms with Gasteiger partial charge in [0.05, 0.1) is 12.8 Å². The Balaban J connectivity index is 1.85. The molecule has 1 aliphatic carbocycles. The zero-order valence-corrected chi connectivity index (χ0v) is 12.4. The van der Waals surface area contributed by atoms with E-state index in [4.69, 9.17) is 4.74 Å². The molecule has 1 saturated carbocycles. The minimum Gasteiger partial charge on any atom is -0.497 e. The van der Waals surface area contributed by atoms with E-state index in [1.165, 1.54) is 12.8 Å². The van der Waals surface area contributed by atoms with Gasteiger partial charge in [0.15, 0.2) is 0 Å². The maximum absolute atomic E-state index is 5.24. The lowest BCUT2D eigenvalue weighted by Crippen LogP contribution is -2.06. The number of ether oxygens (including phenoxy) is 1. The Morgan fingerprint density at radius 2 is 2.10 bits per heavy atom. The van der Waals surface area contributed by atoms with Gasteiger partial charge in [-0.2, -0.15) is 4.98 Å². The summed E-state index contributed by atoms with van der Waals surface area (Å²) in [6.07, 6.45) is 2.45. The molecule has 110 valence electrons. The summed E-state index contributed by atoms with van der Waals surface area (Å²) in [6.45, 7) is 2.86. The Kier molecular flexibility index (Phi) is 3.90. The molecule has 21 heavy (non-hydrogen) atoms. The molecule has 0 unspecified atom stereocenters. The molecule has 0 atom stereocenters. The van der Waals surface area contributed by atoms with Crippen LogP contribution in [0, 0.1) is 0 Å². The first-order valence-corrected chi connectivity index (χ1v) is 7.32. The van der Waals surface area contributed by atoms with E-state index < -0.39 is 0 Å². The molecular weight excluding hydrogens is 264 g/mol. The summed E-state index contributed by atoms with van der Waals surface area (Å²) in [7, 11) is 1.66. The number of rotatable bonds is 6. The second-order valence-corrected chi connectivity index (χ2v) is 5.16. The summed E-state index contributed by atoms with van der Waals surface area (Å²) in [4.78, 5) is 9.08. The maximum Gasteiger partial charge on any atom is 0.224 e. The summed E-state index contributed by atoms with van der Waals surface area (Å²) in [6, 6.07) is 9.86. The number of aromatic nitrogens is 2. The van der Waals surface area contributed by atoms with E-state index >= 15 is 0 Å². The standard InChI is InChI=1S/C16H20N4O/c1-3-17-16-19-14(11-7-8-11)10-15(20-16)18-12-5-4-6-13(9-12)21-2/h4-6,9-11H,3,7-8H2,1-2H3,(H2,17,18,19,20). The first-order chi connectivity index (χ1) is 10.3. The van der Waals surface area contributed by atoms with E-state index in [9.17, 15) is 0 Å². The van der Waals surface area contributed by atoms with Crippen LogP contribution in [-0.2, 0) is 0 Å². The van der Waals surface area contributed by atoms with Crippen molar-refractivity contribution in [3.05, 3.63) is 36.0 Å². The fourth-order valence-corrected chi connectivity index (χ4v) is 2.20. The second kappa shape index (κ2) is 5.99.